The summed E-state index contributed by atoms with van der Waals surface area (Å²) < 4.78 is 5.16. The molecule has 1 aliphatic heterocycles. The monoisotopic (exact) mass is 244 g/mol. The molecule has 0 bridgehead atoms. The number of likely N-dealkylation sites (tertiary alicyclic amines) is 1. The quantitative estimate of drug-likeness (QED) is 0.808. The third kappa shape index (κ3) is 2.80. The van der Waals surface area contributed by atoms with Gasteiger partial charge in [-0.3, -0.25) is 4.79 Å². The molecule has 94 valence electrons. The van der Waals surface area contributed by atoms with Crippen LogP contribution in [-0.2, 0) is 11.2 Å². The van der Waals surface area contributed by atoms with Crippen molar-refractivity contribution in [2.75, 3.05) is 20.2 Å². The van der Waals surface area contributed by atoms with Crippen molar-refractivity contribution in [3.05, 3.63) is 29.8 Å². The summed E-state index contributed by atoms with van der Waals surface area (Å²) in [7, 11) is 1.64. The van der Waals surface area contributed by atoms with Gasteiger partial charge in [0.25, 0.3) is 0 Å². The largest absolute Gasteiger partial charge is 0.497 e. The third-order valence-corrected chi connectivity index (χ3v) is 3.20. The molecule has 0 N–H and O–H groups in total. The molecule has 4 heteroatoms. The Kier molecular flexibility index (Phi) is 3.83. The average Bonchev–Trinajstić information content (AvgIpc) is 2.77. The molecule has 1 heterocycles. The first-order valence-corrected chi connectivity index (χ1v) is 6.03. The first kappa shape index (κ1) is 12.4. The number of amides is 1. The van der Waals surface area contributed by atoms with Crippen molar-refractivity contribution in [2.24, 2.45) is 5.92 Å². The van der Waals surface area contributed by atoms with Crippen molar-refractivity contribution in [3.8, 4) is 11.8 Å². The van der Waals surface area contributed by atoms with E-state index in [1.54, 1.807) is 12.0 Å². The lowest BCUT2D eigenvalue weighted by molar-refractivity contribution is -0.127. The molecular formula is C14H16N2O2. The van der Waals surface area contributed by atoms with Crippen LogP contribution in [0.5, 0.6) is 5.75 Å². The minimum absolute atomic E-state index is 0.0875. The maximum Gasteiger partial charge on any atom is 0.224 e. The van der Waals surface area contributed by atoms with Gasteiger partial charge in [-0.15, -0.1) is 0 Å². The second-order valence-corrected chi connectivity index (χ2v) is 4.47. The first-order chi connectivity index (χ1) is 8.72. The van der Waals surface area contributed by atoms with Gasteiger partial charge in [0.1, 0.15) is 5.75 Å². The molecule has 0 aromatic heterocycles. The van der Waals surface area contributed by atoms with Gasteiger partial charge in [0.15, 0.2) is 0 Å². The van der Waals surface area contributed by atoms with Crippen molar-refractivity contribution < 1.29 is 9.53 Å². The number of carbonyl (C=O) groups is 1. The Morgan fingerprint density at radius 1 is 1.56 bits per heavy atom. The van der Waals surface area contributed by atoms with E-state index >= 15 is 0 Å². The van der Waals surface area contributed by atoms with E-state index in [2.05, 4.69) is 6.07 Å². The molecule has 0 aliphatic carbocycles. The number of nitrogens with zero attached hydrogens (tertiary/aromatic N) is 2. The van der Waals surface area contributed by atoms with Gasteiger partial charge in [0.2, 0.25) is 5.91 Å². The van der Waals surface area contributed by atoms with Crippen LogP contribution in [0, 0.1) is 17.2 Å². The molecule has 0 saturated carbocycles. The highest BCUT2D eigenvalue weighted by atomic mass is 16.5. The predicted octanol–water partition coefficient (Wildman–Crippen LogP) is 1.61. The number of rotatable bonds is 4. The maximum absolute atomic E-state index is 11.6. The molecule has 1 saturated heterocycles. The SMILES string of the molecule is COc1cccc(CCN2CC(C#N)CC2=O)c1. The van der Waals surface area contributed by atoms with Crippen molar-refractivity contribution in [2.45, 2.75) is 12.8 Å². The normalized spacial score (nSPS) is 18.8. The second kappa shape index (κ2) is 5.54. The average molecular weight is 244 g/mol. The molecule has 0 spiro atoms. The molecule has 4 nitrogen and oxygen atoms in total. The minimum atomic E-state index is -0.136. The summed E-state index contributed by atoms with van der Waals surface area (Å²) in [5, 5.41) is 8.81. The topological polar surface area (TPSA) is 53.3 Å². The summed E-state index contributed by atoms with van der Waals surface area (Å²) in [4.78, 5) is 13.4. The highest BCUT2D eigenvalue weighted by Gasteiger charge is 2.28. The third-order valence-electron chi connectivity index (χ3n) is 3.20. The molecule has 18 heavy (non-hydrogen) atoms. The molecule has 1 amide bonds. The zero-order valence-electron chi connectivity index (χ0n) is 10.4. The van der Waals surface area contributed by atoms with Gasteiger partial charge < -0.3 is 9.64 Å². The van der Waals surface area contributed by atoms with E-state index in [9.17, 15) is 4.79 Å². The molecule has 1 aromatic carbocycles. The van der Waals surface area contributed by atoms with Crippen LogP contribution in [0.25, 0.3) is 0 Å². The van der Waals surface area contributed by atoms with Crippen molar-refractivity contribution in [1.29, 1.82) is 5.26 Å². The van der Waals surface area contributed by atoms with E-state index in [-0.39, 0.29) is 11.8 Å². The molecule has 1 aliphatic rings. The number of benzene rings is 1. The van der Waals surface area contributed by atoms with Crippen LogP contribution in [0.15, 0.2) is 24.3 Å². The number of nitriles is 1. The minimum Gasteiger partial charge on any atom is -0.497 e. The summed E-state index contributed by atoms with van der Waals surface area (Å²) in [6.45, 7) is 1.24. The van der Waals surface area contributed by atoms with Gasteiger partial charge in [-0.2, -0.15) is 5.26 Å². The van der Waals surface area contributed by atoms with Gasteiger partial charge in [-0.25, -0.2) is 0 Å². The summed E-state index contributed by atoms with van der Waals surface area (Å²) in [5.74, 6) is 0.780. The smallest absolute Gasteiger partial charge is 0.224 e. The molecule has 1 aromatic rings. The zero-order chi connectivity index (χ0) is 13.0. The van der Waals surface area contributed by atoms with Gasteiger partial charge in [-0.05, 0) is 24.1 Å². The predicted molar refractivity (Wildman–Crippen MR) is 67.0 cm³/mol. The summed E-state index contributed by atoms with van der Waals surface area (Å²) in [5.41, 5.74) is 1.14. The summed E-state index contributed by atoms with van der Waals surface area (Å²) in [6.07, 6.45) is 1.16. The lowest BCUT2D eigenvalue weighted by Gasteiger charge is -2.15. The van der Waals surface area contributed by atoms with Crippen LogP contribution in [0.4, 0.5) is 0 Å². The first-order valence-electron chi connectivity index (χ1n) is 6.03. The van der Waals surface area contributed by atoms with Gasteiger partial charge in [-0.1, -0.05) is 12.1 Å². The Labute approximate surface area is 107 Å². The number of hydrogen-bond acceptors (Lipinski definition) is 3. The number of hydrogen-bond donors (Lipinski definition) is 0. The summed E-state index contributed by atoms with van der Waals surface area (Å²) >= 11 is 0. The van der Waals surface area contributed by atoms with Crippen molar-refractivity contribution in [1.82, 2.24) is 4.90 Å². The Bertz CT molecular complexity index is 479. The molecule has 1 atom stereocenters. The van der Waals surface area contributed by atoms with E-state index in [4.69, 9.17) is 10.00 Å². The second-order valence-electron chi connectivity index (χ2n) is 4.47. The number of carbonyl (C=O) groups excluding carboxylic acids is 1. The molecule has 2 rings (SSSR count). The lowest BCUT2D eigenvalue weighted by atomic mass is 10.1. The van der Waals surface area contributed by atoms with Crippen molar-refractivity contribution >= 4 is 5.91 Å². The molecule has 1 unspecified atom stereocenters. The molecule has 1 fully saturated rings. The van der Waals surface area contributed by atoms with E-state index in [0.717, 1.165) is 17.7 Å². The van der Waals surface area contributed by atoms with E-state index in [0.29, 0.717) is 19.5 Å². The van der Waals surface area contributed by atoms with E-state index in [1.807, 2.05) is 24.3 Å². The van der Waals surface area contributed by atoms with Crippen LogP contribution in [0.2, 0.25) is 0 Å². The fraction of sp³-hybridized carbons (Fsp3) is 0.429. The van der Waals surface area contributed by atoms with Gasteiger partial charge in [0, 0.05) is 19.5 Å². The van der Waals surface area contributed by atoms with Gasteiger partial charge >= 0.3 is 0 Å². The zero-order valence-corrected chi connectivity index (χ0v) is 10.4. The van der Waals surface area contributed by atoms with Crippen LogP contribution >= 0.6 is 0 Å². The maximum atomic E-state index is 11.6. The van der Waals surface area contributed by atoms with Gasteiger partial charge in [0.05, 0.1) is 19.1 Å². The lowest BCUT2D eigenvalue weighted by Crippen LogP contribution is -2.27. The Morgan fingerprint density at radius 3 is 3.06 bits per heavy atom. The molecular weight excluding hydrogens is 228 g/mol. The van der Waals surface area contributed by atoms with Crippen molar-refractivity contribution in [3.63, 3.8) is 0 Å². The Morgan fingerprint density at radius 2 is 2.39 bits per heavy atom. The highest BCUT2D eigenvalue weighted by Crippen LogP contribution is 2.18. The standard InChI is InChI=1S/C14H16N2O2/c1-18-13-4-2-3-11(7-13)5-6-16-10-12(9-15)8-14(16)17/h2-4,7,12H,5-6,8,10H2,1H3. The fourth-order valence-corrected chi connectivity index (χ4v) is 2.17. The fourth-order valence-electron chi connectivity index (χ4n) is 2.17. The van der Waals surface area contributed by atoms with Crippen LogP contribution in [0.1, 0.15) is 12.0 Å². The Balaban J connectivity index is 1.92. The van der Waals surface area contributed by atoms with E-state index in [1.165, 1.54) is 0 Å². The number of methoxy groups -OCH3 is 1. The van der Waals surface area contributed by atoms with Crippen LogP contribution in [-0.4, -0.2) is 31.0 Å². The Hall–Kier alpha value is -2.02. The van der Waals surface area contributed by atoms with E-state index < -0.39 is 0 Å². The number of ether oxygens (including phenoxy) is 1. The molecule has 0 radical (unpaired) electrons. The van der Waals surface area contributed by atoms with Crippen LogP contribution < -0.4 is 4.74 Å². The summed E-state index contributed by atoms with van der Waals surface area (Å²) in [6, 6.07) is 9.99. The van der Waals surface area contributed by atoms with Crippen LogP contribution in [0.3, 0.4) is 0 Å². The highest BCUT2D eigenvalue weighted by molar-refractivity contribution is 5.79.